The van der Waals surface area contributed by atoms with E-state index in [0.29, 0.717) is 16.7 Å². The highest BCUT2D eigenvalue weighted by Crippen LogP contribution is 2.32. The van der Waals surface area contributed by atoms with Gasteiger partial charge in [0.1, 0.15) is 16.8 Å². The fraction of sp³-hybridized carbons (Fsp3) is 0. The molecular weight excluding hydrogens is 230 g/mol. The summed E-state index contributed by atoms with van der Waals surface area (Å²) in [7, 11) is -3.69. The highest BCUT2D eigenvalue weighted by Gasteiger charge is 2.25. The standard InChI is InChI=1S/C8H7N5O2S/c9-8-12-4-1-2-5-7(6(4)13-8)16(14,15)11-3-10-5/h1-3H,(H,10,11)(H3,9,12,13). The number of H-pyrrole nitrogens is 1. The number of rotatable bonds is 0. The van der Waals surface area contributed by atoms with Gasteiger partial charge in [0.25, 0.3) is 10.0 Å². The van der Waals surface area contributed by atoms with E-state index in [4.69, 9.17) is 5.73 Å². The first-order valence-corrected chi connectivity index (χ1v) is 5.85. The second-order valence-corrected chi connectivity index (χ2v) is 4.88. The van der Waals surface area contributed by atoms with Crippen molar-refractivity contribution in [2.75, 3.05) is 11.1 Å². The highest BCUT2D eigenvalue weighted by molar-refractivity contribution is 7.90. The minimum absolute atomic E-state index is 0.0560. The Balaban J connectivity index is 2.51. The molecule has 0 unspecified atom stereocenters. The van der Waals surface area contributed by atoms with Gasteiger partial charge in [0, 0.05) is 0 Å². The van der Waals surface area contributed by atoms with Crippen molar-refractivity contribution in [3.8, 4) is 0 Å². The Morgan fingerprint density at radius 2 is 2.12 bits per heavy atom. The van der Waals surface area contributed by atoms with Crippen molar-refractivity contribution in [3.05, 3.63) is 12.1 Å². The summed E-state index contributed by atoms with van der Waals surface area (Å²) < 4.78 is 26.9. The maximum atomic E-state index is 11.8. The van der Waals surface area contributed by atoms with Crippen LogP contribution in [0.15, 0.2) is 21.4 Å². The van der Waals surface area contributed by atoms with Crippen molar-refractivity contribution >= 4 is 39.0 Å². The molecule has 8 heteroatoms. The number of nitrogens with two attached hydrogens (primary N) is 1. The summed E-state index contributed by atoms with van der Waals surface area (Å²) in [6, 6.07) is 3.34. The van der Waals surface area contributed by atoms with Gasteiger partial charge in [0.15, 0.2) is 5.95 Å². The fourth-order valence-electron chi connectivity index (χ4n) is 1.66. The maximum absolute atomic E-state index is 11.8. The molecule has 7 nitrogen and oxygen atoms in total. The van der Waals surface area contributed by atoms with Crippen LogP contribution in [0.25, 0.3) is 11.0 Å². The SMILES string of the molecule is Nc1nc2c3c(ccc2[nH]1)NC=NS3(=O)=O. The second-order valence-electron chi connectivity index (χ2n) is 3.31. The molecule has 16 heavy (non-hydrogen) atoms. The van der Waals surface area contributed by atoms with E-state index in [1.807, 2.05) is 0 Å². The monoisotopic (exact) mass is 237 g/mol. The van der Waals surface area contributed by atoms with Gasteiger partial charge >= 0.3 is 0 Å². The van der Waals surface area contributed by atoms with Crippen molar-refractivity contribution in [1.82, 2.24) is 9.97 Å². The fourth-order valence-corrected chi connectivity index (χ4v) is 2.76. The van der Waals surface area contributed by atoms with Crippen LogP contribution in [0, 0.1) is 0 Å². The van der Waals surface area contributed by atoms with Crippen LogP contribution < -0.4 is 11.1 Å². The molecule has 4 N–H and O–H groups in total. The molecule has 1 aliphatic heterocycles. The molecule has 0 aliphatic carbocycles. The Hall–Kier alpha value is -2.09. The molecule has 82 valence electrons. The average molecular weight is 237 g/mol. The van der Waals surface area contributed by atoms with Gasteiger partial charge in [-0.25, -0.2) is 4.98 Å². The van der Waals surface area contributed by atoms with Crippen molar-refractivity contribution in [3.63, 3.8) is 0 Å². The van der Waals surface area contributed by atoms with Gasteiger partial charge < -0.3 is 16.0 Å². The van der Waals surface area contributed by atoms with Crippen molar-refractivity contribution in [2.24, 2.45) is 4.40 Å². The first-order valence-electron chi connectivity index (χ1n) is 4.41. The largest absolute Gasteiger partial charge is 0.369 e. The van der Waals surface area contributed by atoms with Crippen LogP contribution in [-0.2, 0) is 10.0 Å². The number of hydrogen-bond donors (Lipinski definition) is 3. The molecule has 2 heterocycles. The Morgan fingerprint density at radius 3 is 2.94 bits per heavy atom. The zero-order valence-corrected chi connectivity index (χ0v) is 8.75. The first-order chi connectivity index (χ1) is 7.58. The lowest BCUT2D eigenvalue weighted by Crippen LogP contribution is -2.11. The van der Waals surface area contributed by atoms with Crippen LogP contribution in [0.5, 0.6) is 0 Å². The number of fused-ring (bicyclic) bond motifs is 3. The summed E-state index contributed by atoms with van der Waals surface area (Å²) in [4.78, 5) is 6.78. The van der Waals surface area contributed by atoms with E-state index in [1.165, 1.54) is 0 Å². The van der Waals surface area contributed by atoms with Gasteiger partial charge in [-0.2, -0.15) is 8.42 Å². The van der Waals surface area contributed by atoms with E-state index < -0.39 is 10.0 Å². The lowest BCUT2D eigenvalue weighted by Gasteiger charge is -2.11. The van der Waals surface area contributed by atoms with Gasteiger partial charge in [0.05, 0.1) is 11.2 Å². The number of hydrogen-bond acceptors (Lipinski definition) is 5. The average Bonchev–Trinajstić information content (AvgIpc) is 2.56. The van der Waals surface area contributed by atoms with E-state index in [9.17, 15) is 8.42 Å². The molecule has 0 bridgehead atoms. The zero-order chi connectivity index (χ0) is 11.3. The summed E-state index contributed by atoms with van der Waals surface area (Å²) in [5.74, 6) is 0.174. The summed E-state index contributed by atoms with van der Waals surface area (Å²) in [6.45, 7) is 0. The number of aromatic amines is 1. The third kappa shape index (κ3) is 1.10. The van der Waals surface area contributed by atoms with Crippen LogP contribution in [0.3, 0.4) is 0 Å². The van der Waals surface area contributed by atoms with Crippen molar-refractivity contribution in [1.29, 1.82) is 0 Å². The molecule has 1 aliphatic rings. The van der Waals surface area contributed by atoms with Gasteiger partial charge in [0.2, 0.25) is 0 Å². The van der Waals surface area contributed by atoms with Gasteiger partial charge in [-0.15, -0.1) is 4.40 Å². The van der Waals surface area contributed by atoms with Crippen LogP contribution in [-0.4, -0.2) is 24.7 Å². The summed E-state index contributed by atoms with van der Waals surface area (Å²) in [5, 5.41) is 2.75. The topological polar surface area (TPSA) is 113 Å². The third-order valence-corrected chi connectivity index (χ3v) is 3.61. The molecule has 1 aromatic heterocycles. The number of nitrogens with zero attached hydrogens (tertiary/aromatic N) is 2. The molecule has 3 rings (SSSR count). The molecule has 0 saturated heterocycles. The predicted molar refractivity (Wildman–Crippen MR) is 59.8 cm³/mol. The molecule has 0 spiro atoms. The van der Waals surface area contributed by atoms with E-state index in [2.05, 4.69) is 19.7 Å². The number of nitrogen functional groups attached to an aromatic ring is 1. The summed E-state index contributed by atoms with van der Waals surface area (Å²) in [6.07, 6.45) is 1.14. The van der Waals surface area contributed by atoms with E-state index >= 15 is 0 Å². The van der Waals surface area contributed by atoms with Crippen molar-refractivity contribution in [2.45, 2.75) is 4.90 Å². The van der Waals surface area contributed by atoms with Gasteiger partial charge in [-0.3, -0.25) is 0 Å². The molecule has 1 aromatic carbocycles. The molecule has 0 fully saturated rings. The Labute approximate surface area is 90.4 Å². The number of nitrogens with one attached hydrogen (secondary N) is 2. The van der Waals surface area contributed by atoms with Gasteiger partial charge in [-0.05, 0) is 12.1 Å². The number of benzene rings is 1. The summed E-state index contributed by atoms with van der Waals surface area (Å²) in [5.41, 5.74) is 6.82. The number of sulfonamides is 1. The van der Waals surface area contributed by atoms with Gasteiger partial charge in [-0.1, -0.05) is 0 Å². The Morgan fingerprint density at radius 1 is 1.31 bits per heavy atom. The lowest BCUT2D eigenvalue weighted by atomic mass is 10.3. The Kier molecular flexibility index (Phi) is 1.56. The quantitative estimate of drug-likeness (QED) is 0.609. The number of anilines is 2. The predicted octanol–water partition coefficient (Wildman–Crippen LogP) is 0.288. The normalized spacial score (nSPS) is 17.0. The highest BCUT2D eigenvalue weighted by atomic mass is 32.2. The van der Waals surface area contributed by atoms with E-state index in [1.54, 1.807) is 12.1 Å². The molecule has 2 aromatic rings. The lowest BCUT2D eigenvalue weighted by molar-refractivity contribution is 0.599. The van der Waals surface area contributed by atoms with Crippen LogP contribution in [0.2, 0.25) is 0 Å². The zero-order valence-electron chi connectivity index (χ0n) is 7.93. The molecular formula is C8H7N5O2S. The molecule has 0 atom stereocenters. The minimum Gasteiger partial charge on any atom is -0.369 e. The summed E-state index contributed by atoms with van der Waals surface area (Å²) >= 11 is 0. The van der Waals surface area contributed by atoms with Crippen LogP contribution >= 0.6 is 0 Å². The van der Waals surface area contributed by atoms with Crippen molar-refractivity contribution < 1.29 is 8.42 Å². The molecule has 0 amide bonds. The first kappa shape index (κ1) is 9.16. The van der Waals surface area contributed by atoms with E-state index in [0.717, 1.165) is 6.34 Å². The second kappa shape index (κ2) is 2.73. The molecule has 0 saturated carbocycles. The Bertz CT molecular complexity index is 715. The van der Waals surface area contributed by atoms with Crippen LogP contribution in [0.1, 0.15) is 0 Å². The third-order valence-electron chi connectivity index (χ3n) is 2.30. The molecule has 0 radical (unpaired) electrons. The minimum atomic E-state index is -3.69. The van der Waals surface area contributed by atoms with E-state index in [-0.39, 0.29) is 10.8 Å². The number of aromatic nitrogens is 2. The maximum Gasteiger partial charge on any atom is 0.287 e. The number of imidazole rings is 1. The van der Waals surface area contributed by atoms with Crippen LogP contribution in [0.4, 0.5) is 11.6 Å². The smallest absolute Gasteiger partial charge is 0.287 e.